The fraction of sp³-hybridized carbons (Fsp3) is 0.176. The van der Waals surface area contributed by atoms with Gasteiger partial charge in [0.2, 0.25) is 0 Å². The number of alkyl halides is 3. The van der Waals surface area contributed by atoms with E-state index < -0.39 is 17.7 Å². The first-order valence-electron chi connectivity index (χ1n) is 7.00. The Labute approximate surface area is 141 Å². The van der Waals surface area contributed by atoms with E-state index in [1.165, 1.54) is 19.2 Å². The molecule has 2 aromatic carbocycles. The van der Waals surface area contributed by atoms with Crippen LogP contribution < -0.4 is 5.32 Å². The summed E-state index contributed by atoms with van der Waals surface area (Å²) < 4.78 is 42.2. The molecule has 7 heteroatoms. The number of para-hydroxylation sites is 1. The van der Waals surface area contributed by atoms with Gasteiger partial charge in [0.15, 0.2) is 0 Å². The Balaban J connectivity index is 1.97. The zero-order valence-electron chi connectivity index (χ0n) is 12.8. The van der Waals surface area contributed by atoms with Crippen LogP contribution in [0.3, 0.4) is 0 Å². The summed E-state index contributed by atoms with van der Waals surface area (Å²) in [5, 5.41) is 3.02. The predicted molar refractivity (Wildman–Crippen MR) is 91.6 cm³/mol. The average molecular weight is 355 g/mol. The Morgan fingerprint density at radius 2 is 1.83 bits per heavy atom. The van der Waals surface area contributed by atoms with E-state index in [1.807, 2.05) is 0 Å². The minimum atomic E-state index is -4.32. The highest BCUT2D eigenvalue weighted by atomic mass is 32.1. The number of carbonyl (C=O) groups is 1. The summed E-state index contributed by atoms with van der Waals surface area (Å²) in [4.78, 5) is 11.6. The molecular formula is C17H16F3NO2S. The first-order valence-corrected chi connectivity index (χ1v) is 8.15. The van der Waals surface area contributed by atoms with Gasteiger partial charge in [0.1, 0.15) is 0 Å². The molecule has 0 unspecified atom stereocenters. The fourth-order valence-corrected chi connectivity index (χ4v) is 2.71. The van der Waals surface area contributed by atoms with Crippen LogP contribution in [0.1, 0.15) is 21.5 Å². The van der Waals surface area contributed by atoms with Crippen LogP contribution in [0.25, 0.3) is 0 Å². The van der Waals surface area contributed by atoms with Gasteiger partial charge in [-0.2, -0.15) is 24.5 Å². The topological polar surface area (TPSA) is 38.3 Å². The number of thiol groups is 1. The number of esters is 1. The van der Waals surface area contributed by atoms with Gasteiger partial charge in [0.05, 0.1) is 23.9 Å². The molecular weight excluding hydrogens is 339 g/mol. The molecule has 0 aliphatic carbocycles. The van der Waals surface area contributed by atoms with Crippen LogP contribution in [0.4, 0.5) is 18.9 Å². The van der Waals surface area contributed by atoms with Crippen LogP contribution in [0.15, 0.2) is 48.5 Å². The van der Waals surface area contributed by atoms with Crippen molar-refractivity contribution in [3.8, 4) is 0 Å². The van der Waals surface area contributed by atoms with E-state index in [0.717, 1.165) is 29.0 Å². The van der Waals surface area contributed by atoms with E-state index in [1.54, 1.807) is 29.8 Å². The van der Waals surface area contributed by atoms with Gasteiger partial charge in [-0.05, 0) is 29.8 Å². The maximum atomic E-state index is 12.5. The second-order valence-corrected chi connectivity index (χ2v) is 5.79. The van der Waals surface area contributed by atoms with E-state index >= 15 is 0 Å². The minimum Gasteiger partial charge on any atom is -0.465 e. The summed E-state index contributed by atoms with van der Waals surface area (Å²) in [5.41, 5.74) is 2.91. The molecule has 2 rings (SSSR count). The standard InChI is InChI=1S/C17H16F3NO2S/c1-23-16(22)14-4-2-3-5-15(14)21-11-24-10-12-6-8-13(9-7-12)17(18,19)20/h2-9,11,21,24H,10H2,1H3. The molecule has 24 heavy (non-hydrogen) atoms. The number of methoxy groups -OCH3 is 1. The molecule has 0 radical (unpaired) electrons. The Morgan fingerprint density at radius 1 is 1.17 bits per heavy atom. The van der Waals surface area contributed by atoms with Crippen molar-refractivity contribution in [3.63, 3.8) is 0 Å². The number of hydrogen-bond donors (Lipinski definition) is 2. The third kappa shape index (κ3) is 4.86. The molecule has 2 aromatic rings. The van der Waals surface area contributed by atoms with Gasteiger partial charge in [-0.3, -0.25) is 0 Å². The largest absolute Gasteiger partial charge is 0.465 e. The van der Waals surface area contributed by atoms with Crippen LogP contribution in [0, 0.1) is 0 Å². The van der Waals surface area contributed by atoms with Crippen molar-refractivity contribution in [1.82, 2.24) is 0 Å². The highest BCUT2D eigenvalue weighted by Crippen LogP contribution is 2.29. The zero-order valence-corrected chi connectivity index (χ0v) is 13.7. The first kappa shape index (κ1) is 18.1. The van der Waals surface area contributed by atoms with Crippen molar-refractivity contribution in [2.75, 3.05) is 12.4 Å². The number of nitrogens with one attached hydrogen (secondary N) is 1. The molecule has 0 saturated carbocycles. The Bertz CT molecular complexity index is 727. The Hall–Kier alpha value is -2.28. The molecule has 0 amide bonds. The van der Waals surface area contributed by atoms with Crippen molar-refractivity contribution in [2.45, 2.75) is 11.9 Å². The molecule has 0 heterocycles. The molecule has 0 bridgehead atoms. The average Bonchev–Trinajstić information content (AvgIpc) is 2.58. The predicted octanol–water partition coefficient (Wildman–Crippen LogP) is 4.33. The van der Waals surface area contributed by atoms with E-state index in [9.17, 15) is 18.0 Å². The lowest BCUT2D eigenvalue weighted by Gasteiger charge is -2.07. The quantitative estimate of drug-likeness (QED) is 0.476. The summed E-state index contributed by atoms with van der Waals surface area (Å²) in [6, 6.07) is 12.0. The van der Waals surface area contributed by atoms with Crippen LogP contribution in [0.2, 0.25) is 0 Å². The highest BCUT2D eigenvalue weighted by molar-refractivity contribution is 7.96. The van der Waals surface area contributed by atoms with Gasteiger partial charge in [-0.25, -0.2) is 4.79 Å². The van der Waals surface area contributed by atoms with Crippen LogP contribution in [-0.4, -0.2) is 18.6 Å². The monoisotopic (exact) mass is 355 g/mol. The highest BCUT2D eigenvalue weighted by Gasteiger charge is 2.29. The van der Waals surface area contributed by atoms with Gasteiger partial charge in [-0.1, -0.05) is 24.3 Å². The third-order valence-corrected chi connectivity index (χ3v) is 4.06. The zero-order chi connectivity index (χ0) is 17.6. The number of hydrogen-bond acceptors (Lipinski definition) is 2. The van der Waals surface area contributed by atoms with Crippen LogP contribution >= 0.6 is 11.4 Å². The van der Waals surface area contributed by atoms with Gasteiger partial charge < -0.3 is 10.1 Å². The Morgan fingerprint density at radius 3 is 2.46 bits per heavy atom. The first-order chi connectivity index (χ1) is 11.4. The van der Waals surface area contributed by atoms with Crippen molar-refractivity contribution in [3.05, 3.63) is 65.2 Å². The fourth-order valence-electron chi connectivity index (χ4n) is 1.96. The van der Waals surface area contributed by atoms with Crippen molar-refractivity contribution >= 4 is 28.5 Å². The van der Waals surface area contributed by atoms with E-state index in [4.69, 9.17) is 4.74 Å². The number of carbonyl (C=O) groups excluding carboxylic acids is 1. The summed E-state index contributed by atoms with van der Waals surface area (Å²) in [7, 11) is 1.31. The molecule has 0 aliphatic heterocycles. The summed E-state index contributed by atoms with van der Waals surface area (Å²) >= 11 is 0.856. The molecule has 0 spiro atoms. The number of ether oxygens (including phenoxy) is 1. The van der Waals surface area contributed by atoms with Gasteiger partial charge >= 0.3 is 12.1 Å². The molecule has 0 aromatic heterocycles. The molecule has 1 N–H and O–H groups in total. The molecule has 0 aliphatic rings. The summed E-state index contributed by atoms with van der Waals surface area (Å²) in [5.74, 6) is 0.122. The van der Waals surface area contributed by atoms with Gasteiger partial charge in [0, 0.05) is 11.2 Å². The lowest BCUT2D eigenvalue weighted by molar-refractivity contribution is -0.137. The van der Waals surface area contributed by atoms with Crippen molar-refractivity contribution in [1.29, 1.82) is 0 Å². The van der Waals surface area contributed by atoms with Gasteiger partial charge in [-0.15, -0.1) is 0 Å². The van der Waals surface area contributed by atoms with Crippen molar-refractivity contribution < 1.29 is 22.7 Å². The minimum absolute atomic E-state index is 0.418. The molecule has 128 valence electrons. The van der Waals surface area contributed by atoms with E-state index in [0.29, 0.717) is 17.0 Å². The molecule has 3 nitrogen and oxygen atoms in total. The second kappa shape index (κ2) is 8.01. The number of benzene rings is 2. The SMILES string of the molecule is COC(=O)c1ccccc1NC=[SH]Cc1ccc(C(F)(F)F)cc1. The van der Waals surface area contributed by atoms with Crippen molar-refractivity contribution in [2.24, 2.45) is 0 Å². The number of rotatable bonds is 5. The van der Waals surface area contributed by atoms with E-state index in [2.05, 4.69) is 5.32 Å². The third-order valence-electron chi connectivity index (χ3n) is 3.20. The lowest BCUT2D eigenvalue weighted by Crippen LogP contribution is -2.06. The summed E-state index contributed by atoms with van der Waals surface area (Å²) in [6.07, 6.45) is -4.32. The molecule has 0 saturated heterocycles. The lowest BCUT2D eigenvalue weighted by atomic mass is 10.1. The molecule has 0 atom stereocenters. The maximum Gasteiger partial charge on any atom is 0.416 e. The number of anilines is 1. The van der Waals surface area contributed by atoms with Gasteiger partial charge in [0.25, 0.3) is 0 Å². The second-order valence-electron chi connectivity index (χ2n) is 4.85. The van der Waals surface area contributed by atoms with Crippen LogP contribution in [-0.2, 0) is 16.7 Å². The number of halogens is 3. The summed E-state index contributed by atoms with van der Waals surface area (Å²) in [6.45, 7) is 0. The Kier molecular flexibility index (Phi) is 6.03. The maximum absolute atomic E-state index is 12.5. The van der Waals surface area contributed by atoms with Crippen LogP contribution in [0.5, 0.6) is 0 Å². The smallest absolute Gasteiger partial charge is 0.416 e. The molecule has 0 fully saturated rings. The normalized spacial score (nSPS) is 11.8. The van der Waals surface area contributed by atoms with E-state index in [-0.39, 0.29) is 0 Å².